The van der Waals surface area contributed by atoms with Crippen LogP contribution in [-0.4, -0.2) is 23.4 Å². The van der Waals surface area contributed by atoms with E-state index in [2.05, 4.69) is 5.32 Å². The average molecular weight is 280 g/mol. The van der Waals surface area contributed by atoms with Crippen LogP contribution in [0, 0.1) is 11.6 Å². The fraction of sp³-hybridized carbons (Fsp3) is 0.533. The highest BCUT2D eigenvalue weighted by atomic mass is 19.2. The number of rotatable bonds is 2. The van der Waals surface area contributed by atoms with Gasteiger partial charge in [-0.05, 0) is 30.5 Å². The van der Waals surface area contributed by atoms with E-state index in [1.165, 1.54) is 12.5 Å². The third kappa shape index (κ3) is 2.42. The van der Waals surface area contributed by atoms with Crippen LogP contribution in [0.3, 0.4) is 0 Å². The number of carbonyl (C=O) groups is 1. The summed E-state index contributed by atoms with van der Waals surface area (Å²) in [4.78, 5) is 13.9. The topological polar surface area (TPSA) is 32.3 Å². The molecule has 1 heterocycles. The minimum atomic E-state index is -0.868. The first-order valence-electron chi connectivity index (χ1n) is 7.16. The number of nitrogens with zero attached hydrogens (tertiary/aromatic N) is 1. The molecule has 1 aliphatic carbocycles. The van der Waals surface area contributed by atoms with Crippen LogP contribution < -0.4 is 5.32 Å². The zero-order valence-corrected chi connectivity index (χ0v) is 11.2. The second-order valence-corrected chi connectivity index (χ2v) is 5.55. The number of amides is 1. The van der Waals surface area contributed by atoms with E-state index in [-0.39, 0.29) is 24.7 Å². The minimum absolute atomic E-state index is 0.0478. The van der Waals surface area contributed by atoms with Crippen molar-refractivity contribution in [2.24, 2.45) is 0 Å². The Morgan fingerprint density at radius 2 is 1.85 bits per heavy atom. The second kappa shape index (κ2) is 5.48. The molecule has 3 nitrogen and oxygen atoms in total. The lowest BCUT2D eigenvalue weighted by Gasteiger charge is -2.35. The van der Waals surface area contributed by atoms with E-state index in [1.807, 2.05) is 4.90 Å². The number of carbonyl (C=O) groups excluding carboxylic acids is 1. The van der Waals surface area contributed by atoms with Gasteiger partial charge < -0.3 is 4.90 Å². The zero-order chi connectivity index (χ0) is 14.1. The van der Waals surface area contributed by atoms with Gasteiger partial charge in [-0.3, -0.25) is 10.1 Å². The summed E-state index contributed by atoms with van der Waals surface area (Å²) in [6.45, 7) is 0.264. The van der Waals surface area contributed by atoms with Gasteiger partial charge in [0, 0.05) is 6.04 Å². The summed E-state index contributed by atoms with van der Waals surface area (Å²) in [5, 5.41) is 3.10. The van der Waals surface area contributed by atoms with Crippen molar-refractivity contribution >= 4 is 5.91 Å². The number of hydrogen-bond donors (Lipinski definition) is 1. The van der Waals surface area contributed by atoms with Crippen LogP contribution in [0.5, 0.6) is 0 Å². The van der Waals surface area contributed by atoms with E-state index in [0.717, 1.165) is 31.7 Å². The molecule has 1 atom stereocenters. The maximum atomic E-state index is 13.4. The Morgan fingerprint density at radius 3 is 2.55 bits per heavy atom. The molecule has 108 valence electrons. The Hall–Kier alpha value is -1.49. The van der Waals surface area contributed by atoms with E-state index in [1.54, 1.807) is 6.07 Å². The molecule has 1 amide bonds. The smallest absolute Gasteiger partial charge is 0.238 e. The van der Waals surface area contributed by atoms with E-state index in [0.29, 0.717) is 5.56 Å². The SMILES string of the molecule is O=C1CNC(c2ccc(F)c(F)c2)N1C1CCCCC1. The summed E-state index contributed by atoms with van der Waals surface area (Å²) in [5.74, 6) is -1.68. The van der Waals surface area contributed by atoms with Crippen molar-refractivity contribution < 1.29 is 13.6 Å². The molecule has 0 spiro atoms. The Balaban J connectivity index is 1.86. The molecule has 20 heavy (non-hydrogen) atoms. The van der Waals surface area contributed by atoms with Gasteiger partial charge in [-0.15, -0.1) is 0 Å². The predicted octanol–water partition coefficient (Wildman–Crippen LogP) is 2.73. The van der Waals surface area contributed by atoms with Crippen molar-refractivity contribution in [2.75, 3.05) is 6.54 Å². The van der Waals surface area contributed by atoms with Crippen molar-refractivity contribution in [1.82, 2.24) is 10.2 Å². The summed E-state index contributed by atoms with van der Waals surface area (Å²) in [7, 11) is 0. The number of halogens is 2. The largest absolute Gasteiger partial charge is 0.319 e. The van der Waals surface area contributed by atoms with Crippen molar-refractivity contribution in [1.29, 1.82) is 0 Å². The fourth-order valence-electron chi connectivity index (χ4n) is 3.25. The van der Waals surface area contributed by atoms with Gasteiger partial charge in [-0.25, -0.2) is 8.78 Å². The zero-order valence-electron chi connectivity index (χ0n) is 11.2. The second-order valence-electron chi connectivity index (χ2n) is 5.55. The molecule has 1 aromatic carbocycles. The van der Waals surface area contributed by atoms with Crippen LogP contribution in [-0.2, 0) is 4.79 Å². The predicted molar refractivity (Wildman–Crippen MR) is 70.8 cm³/mol. The Kier molecular flexibility index (Phi) is 3.70. The molecule has 0 aromatic heterocycles. The van der Waals surface area contributed by atoms with Crippen LogP contribution in [0.4, 0.5) is 8.78 Å². The van der Waals surface area contributed by atoms with Crippen molar-refractivity contribution in [2.45, 2.75) is 44.3 Å². The molecular formula is C15H18F2N2O. The standard InChI is InChI=1S/C15H18F2N2O/c16-12-7-6-10(8-13(12)17)15-18-9-14(20)19(15)11-4-2-1-3-5-11/h6-8,11,15,18H,1-5,9H2. The molecule has 1 unspecified atom stereocenters. The Bertz CT molecular complexity index is 515. The Labute approximate surface area is 117 Å². The first kappa shape index (κ1) is 13.5. The highest BCUT2D eigenvalue weighted by molar-refractivity contribution is 5.81. The normalized spacial score (nSPS) is 24.4. The maximum Gasteiger partial charge on any atom is 0.238 e. The highest BCUT2D eigenvalue weighted by Gasteiger charge is 2.37. The first-order valence-corrected chi connectivity index (χ1v) is 7.16. The molecule has 1 saturated heterocycles. The molecule has 2 fully saturated rings. The summed E-state index contributed by atoms with van der Waals surface area (Å²) >= 11 is 0. The van der Waals surface area contributed by atoms with Crippen molar-refractivity contribution in [3.63, 3.8) is 0 Å². The molecule has 1 aliphatic heterocycles. The van der Waals surface area contributed by atoms with E-state index in [4.69, 9.17) is 0 Å². The molecule has 0 bridgehead atoms. The van der Waals surface area contributed by atoms with Gasteiger partial charge in [0.1, 0.15) is 6.17 Å². The van der Waals surface area contributed by atoms with Crippen molar-refractivity contribution in [3.05, 3.63) is 35.4 Å². The van der Waals surface area contributed by atoms with Gasteiger partial charge in [0.15, 0.2) is 11.6 Å². The van der Waals surface area contributed by atoms with E-state index >= 15 is 0 Å². The van der Waals surface area contributed by atoms with Gasteiger partial charge in [-0.2, -0.15) is 0 Å². The molecule has 0 radical (unpaired) electrons. The van der Waals surface area contributed by atoms with E-state index in [9.17, 15) is 13.6 Å². The van der Waals surface area contributed by atoms with Crippen molar-refractivity contribution in [3.8, 4) is 0 Å². The lowest BCUT2D eigenvalue weighted by atomic mass is 9.93. The van der Waals surface area contributed by atoms with Gasteiger partial charge in [0.25, 0.3) is 0 Å². The fourth-order valence-corrected chi connectivity index (χ4v) is 3.25. The number of hydrogen-bond acceptors (Lipinski definition) is 2. The van der Waals surface area contributed by atoms with Gasteiger partial charge in [0.2, 0.25) is 5.91 Å². The summed E-state index contributed by atoms with van der Waals surface area (Å²) in [5.41, 5.74) is 0.611. The third-order valence-corrected chi connectivity index (χ3v) is 4.24. The summed E-state index contributed by atoms with van der Waals surface area (Å²) in [6, 6.07) is 4.06. The van der Waals surface area contributed by atoms with Gasteiger partial charge in [-0.1, -0.05) is 25.3 Å². The average Bonchev–Trinajstić information content (AvgIpc) is 2.85. The highest BCUT2D eigenvalue weighted by Crippen LogP contribution is 2.32. The quantitative estimate of drug-likeness (QED) is 0.903. The van der Waals surface area contributed by atoms with Crippen LogP contribution in [0.1, 0.15) is 43.8 Å². The number of nitrogens with one attached hydrogen (secondary N) is 1. The molecule has 1 N–H and O–H groups in total. The maximum absolute atomic E-state index is 13.4. The van der Waals surface area contributed by atoms with Crippen LogP contribution in [0.25, 0.3) is 0 Å². The van der Waals surface area contributed by atoms with Gasteiger partial charge in [0.05, 0.1) is 6.54 Å². The van der Waals surface area contributed by atoms with Crippen LogP contribution in [0.15, 0.2) is 18.2 Å². The lowest BCUT2D eigenvalue weighted by Crippen LogP contribution is -2.40. The molecule has 1 saturated carbocycles. The summed E-state index contributed by atoms with van der Waals surface area (Å²) < 4.78 is 26.4. The molecule has 1 aromatic rings. The Morgan fingerprint density at radius 1 is 1.10 bits per heavy atom. The van der Waals surface area contributed by atoms with Gasteiger partial charge >= 0.3 is 0 Å². The molecule has 5 heteroatoms. The molecule has 2 aliphatic rings. The minimum Gasteiger partial charge on any atom is -0.319 e. The first-order chi connectivity index (χ1) is 9.66. The lowest BCUT2D eigenvalue weighted by molar-refractivity contribution is -0.131. The van der Waals surface area contributed by atoms with Crippen LogP contribution in [0.2, 0.25) is 0 Å². The van der Waals surface area contributed by atoms with E-state index < -0.39 is 11.6 Å². The number of benzene rings is 1. The van der Waals surface area contributed by atoms with Crippen LogP contribution >= 0.6 is 0 Å². The third-order valence-electron chi connectivity index (χ3n) is 4.24. The molecular weight excluding hydrogens is 262 g/mol. The monoisotopic (exact) mass is 280 g/mol. The summed E-state index contributed by atoms with van der Waals surface area (Å²) in [6.07, 6.45) is 5.11. The molecule has 3 rings (SSSR count).